The molecule has 0 bridgehead atoms. The molecule has 1 aliphatic heterocycles. The van der Waals surface area contributed by atoms with Gasteiger partial charge in [0.15, 0.2) is 11.5 Å². The number of hydrogen-bond acceptors (Lipinski definition) is 6. The fourth-order valence-corrected chi connectivity index (χ4v) is 3.78. The molecule has 1 aliphatic rings. The Labute approximate surface area is 126 Å². The first-order chi connectivity index (χ1) is 9.97. The summed E-state index contributed by atoms with van der Waals surface area (Å²) in [5.41, 5.74) is 0.507. The summed E-state index contributed by atoms with van der Waals surface area (Å²) >= 11 is 6.10. The van der Waals surface area contributed by atoms with Crippen LogP contribution in [0.3, 0.4) is 0 Å². The Morgan fingerprint density at radius 3 is 2.81 bits per heavy atom. The molecule has 3 rings (SSSR count). The molecule has 1 aromatic heterocycles. The van der Waals surface area contributed by atoms with Crippen molar-refractivity contribution in [1.82, 2.24) is 14.8 Å². The fourth-order valence-electron chi connectivity index (χ4n) is 2.10. The van der Waals surface area contributed by atoms with Gasteiger partial charge in [-0.05, 0) is 17.7 Å². The second kappa shape index (κ2) is 5.19. The Bertz CT molecular complexity index is 788. The van der Waals surface area contributed by atoms with Gasteiger partial charge in [-0.15, -0.1) is 0 Å². The predicted molar refractivity (Wildman–Crippen MR) is 74.3 cm³/mol. The van der Waals surface area contributed by atoms with E-state index in [9.17, 15) is 8.42 Å². The molecule has 0 fully saturated rings. The van der Waals surface area contributed by atoms with E-state index in [1.165, 1.54) is 18.1 Å². The zero-order valence-electron chi connectivity index (χ0n) is 11.1. The Hall–Kier alpha value is -1.80. The summed E-state index contributed by atoms with van der Waals surface area (Å²) in [7, 11) is -2.09. The van der Waals surface area contributed by atoms with Crippen LogP contribution in [0, 0.1) is 0 Å². The van der Waals surface area contributed by atoms with Gasteiger partial charge in [0.05, 0.1) is 10.8 Å². The molecule has 0 saturated heterocycles. The molecule has 0 unspecified atom stereocenters. The number of ether oxygens (including phenoxy) is 2. The summed E-state index contributed by atoms with van der Waals surface area (Å²) in [4.78, 5) is 3.77. The molecular formula is C12H12ClN3O4S. The third-order valence-corrected chi connectivity index (χ3v) is 4.88. The summed E-state index contributed by atoms with van der Waals surface area (Å²) in [5, 5.41) is 4.01. The maximum absolute atomic E-state index is 12.3. The van der Waals surface area contributed by atoms with E-state index in [1.807, 2.05) is 0 Å². The largest absolute Gasteiger partial charge is 0.486 e. The van der Waals surface area contributed by atoms with Crippen molar-refractivity contribution < 1.29 is 17.9 Å². The van der Waals surface area contributed by atoms with Crippen LogP contribution in [-0.2, 0) is 22.6 Å². The van der Waals surface area contributed by atoms with Gasteiger partial charge in [-0.1, -0.05) is 11.6 Å². The number of halogens is 1. The maximum Gasteiger partial charge on any atom is 0.245 e. The minimum atomic E-state index is -3.61. The van der Waals surface area contributed by atoms with Crippen molar-refractivity contribution in [3.8, 4) is 11.5 Å². The summed E-state index contributed by atoms with van der Waals surface area (Å²) in [6.45, 7) is 0.826. The van der Waals surface area contributed by atoms with E-state index in [2.05, 4.69) is 10.1 Å². The number of aryl methyl sites for hydroxylation is 1. The van der Waals surface area contributed by atoms with Crippen LogP contribution in [0.4, 0.5) is 0 Å². The standard InChI is InChI=1S/C12H12ClN3O4S/c1-16-12(14-7-15-16)21(17,18)6-8-4-9(13)11-10(5-8)19-2-3-20-11/h4-5,7H,2-3,6H2,1H3. The summed E-state index contributed by atoms with van der Waals surface area (Å²) in [6.07, 6.45) is 1.20. The number of benzene rings is 1. The Morgan fingerprint density at radius 2 is 2.10 bits per heavy atom. The highest BCUT2D eigenvalue weighted by Gasteiger charge is 2.23. The maximum atomic E-state index is 12.3. The SMILES string of the molecule is Cn1ncnc1S(=O)(=O)Cc1cc(Cl)c2c(c1)OCCO2. The molecule has 0 saturated carbocycles. The highest BCUT2D eigenvalue weighted by Crippen LogP contribution is 2.38. The van der Waals surface area contributed by atoms with Crippen molar-refractivity contribution in [3.63, 3.8) is 0 Å². The lowest BCUT2D eigenvalue weighted by Gasteiger charge is -2.20. The summed E-state index contributed by atoms with van der Waals surface area (Å²) < 4.78 is 36.7. The lowest BCUT2D eigenvalue weighted by atomic mass is 10.2. The summed E-state index contributed by atoms with van der Waals surface area (Å²) in [5.74, 6) is 0.662. The quantitative estimate of drug-likeness (QED) is 0.841. The van der Waals surface area contributed by atoms with E-state index in [0.717, 1.165) is 0 Å². The number of nitrogens with zero attached hydrogens (tertiary/aromatic N) is 3. The van der Waals surface area contributed by atoms with E-state index in [-0.39, 0.29) is 10.9 Å². The minimum absolute atomic E-state index is 0.0893. The molecule has 0 atom stereocenters. The molecule has 0 spiro atoms. The molecule has 112 valence electrons. The second-order valence-electron chi connectivity index (χ2n) is 4.53. The van der Waals surface area contributed by atoms with Crippen LogP contribution < -0.4 is 9.47 Å². The first kappa shape index (κ1) is 14.2. The van der Waals surface area contributed by atoms with Gasteiger partial charge in [0, 0.05) is 7.05 Å². The molecule has 9 heteroatoms. The van der Waals surface area contributed by atoms with Gasteiger partial charge < -0.3 is 9.47 Å². The van der Waals surface area contributed by atoms with E-state index in [4.69, 9.17) is 21.1 Å². The molecule has 0 N–H and O–H groups in total. The predicted octanol–water partition coefficient (Wildman–Crippen LogP) is 1.21. The number of rotatable bonds is 3. The average Bonchev–Trinajstić information content (AvgIpc) is 2.85. The van der Waals surface area contributed by atoms with Crippen LogP contribution in [0.1, 0.15) is 5.56 Å². The van der Waals surface area contributed by atoms with E-state index < -0.39 is 9.84 Å². The molecule has 0 aliphatic carbocycles. The molecule has 1 aromatic carbocycles. The number of sulfone groups is 1. The van der Waals surface area contributed by atoms with Crippen LogP contribution in [0.15, 0.2) is 23.6 Å². The number of fused-ring (bicyclic) bond motifs is 1. The van der Waals surface area contributed by atoms with Crippen LogP contribution in [0.5, 0.6) is 11.5 Å². The number of aromatic nitrogens is 3. The van der Waals surface area contributed by atoms with Gasteiger partial charge in [0.2, 0.25) is 15.0 Å². The molecule has 7 nitrogen and oxygen atoms in total. The number of hydrogen-bond donors (Lipinski definition) is 0. The molecule has 2 heterocycles. The molecule has 21 heavy (non-hydrogen) atoms. The van der Waals surface area contributed by atoms with Gasteiger partial charge in [-0.25, -0.2) is 18.1 Å². The Kier molecular flexibility index (Phi) is 3.50. The smallest absolute Gasteiger partial charge is 0.245 e. The first-order valence-corrected chi connectivity index (χ1v) is 8.15. The van der Waals surface area contributed by atoms with Crippen molar-refractivity contribution in [1.29, 1.82) is 0 Å². The van der Waals surface area contributed by atoms with Gasteiger partial charge >= 0.3 is 0 Å². The van der Waals surface area contributed by atoms with Crippen molar-refractivity contribution in [2.75, 3.05) is 13.2 Å². The molecular weight excluding hydrogens is 318 g/mol. The van der Waals surface area contributed by atoms with Crippen LogP contribution in [0.2, 0.25) is 5.02 Å². The second-order valence-corrected chi connectivity index (χ2v) is 6.82. The minimum Gasteiger partial charge on any atom is -0.486 e. The highest BCUT2D eigenvalue weighted by molar-refractivity contribution is 7.90. The summed E-state index contributed by atoms with van der Waals surface area (Å²) in [6, 6.07) is 3.18. The van der Waals surface area contributed by atoms with Gasteiger partial charge in [0.25, 0.3) is 0 Å². The van der Waals surface area contributed by atoms with Crippen molar-refractivity contribution >= 4 is 21.4 Å². The van der Waals surface area contributed by atoms with Crippen molar-refractivity contribution in [2.24, 2.45) is 7.05 Å². The third kappa shape index (κ3) is 2.68. The Balaban J connectivity index is 1.95. The third-order valence-electron chi connectivity index (χ3n) is 2.96. The lowest BCUT2D eigenvalue weighted by molar-refractivity contribution is 0.171. The molecule has 2 aromatic rings. The van der Waals surface area contributed by atoms with Crippen LogP contribution >= 0.6 is 11.6 Å². The van der Waals surface area contributed by atoms with E-state index >= 15 is 0 Å². The topological polar surface area (TPSA) is 83.3 Å². The zero-order valence-corrected chi connectivity index (χ0v) is 12.7. The fraction of sp³-hybridized carbons (Fsp3) is 0.333. The normalized spacial score (nSPS) is 14.2. The molecule has 0 radical (unpaired) electrons. The van der Waals surface area contributed by atoms with Crippen LogP contribution in [0.25, 0.3) is 0 Å². The van der Waals surface area contributed by atoms with Gasteiger partial charge in [-0.2, -0.15) is 5.10 Å². The first-order valence-electron chi connectivity index (χ1n) is 6.12. The van der Waals surface area contributed by atoms with E-state index in [0.29, 0.717) is 35.3 Å². The zero-order chi connectivity index (χ0) is 15.0. The van der Waals surface area contributed by atoms with Gasteiger partial charge in [0.1, 0.15) is 19.5 Å². The van der Waals surface area contributed by atoms with E-state index in [1.54, 1.807) is 12.1 Å². The molecule has 0 amide bonds. The van der Waals surface area contributed by atoms with Gasteiger partial charge in [-0.3, -0.25) is 0 Å². The average molecular weight is 330 g/mol. The Morgan fingerprint density at radius 1 is 1.33 bits per heavy atom. The monoisotopic (exact) mass is 329 g/mol. The lowest BCUT2D eigenvalue weighted by Crippen LogP contribution is -2.16. The highest BCUT2D eigenvalue weighted by atomic mass is 35.5. The van der Waals surface area contributed by atoms with Crippen LogP contribution in [-0.4, -0.2) is 36.4 Å². The van der Waals surface area contributed by atoms with Crippen molar-refractivity contribution in [2.45, 2.75) is 10.9 Å². The van der Waals surface area contributed by atoms with Crippen molar-refractivity contribution in [3.05, 3.63) is 29.0 Å².